The second-order valence-corrected chi connectivity index (χ2v) is 8.15. The lowest BCUT2D eigenvalue weighted by Crippen LogP contribution is -1.99. The molecule has 2 atom stereocenters. The summed E-state index contributed by atoms with van der Waals surface area (Å²) in [5.41, 5.74) is 4.28. The van der Waals surface area contributed by atoms with Gasteiger partial charge in [0.25, 0.3) is 0 Å². The molecule has 150 valence electrons. The van der Waals surface area contributed by atoms with E-state index < -0.39 is 0 Å². The SMILES string of the molecule is C=C.C=C.C=C(C)/C=C\c1c(C(CCC)CCCC)cp(C)c1C.CC. The molecular weight excluding hydrogens is 331 g/mol. The molecule has 1 heterocycles. The van der Waals surface area contributed by atoms with E-state index in [9.17, 15) is 0 Å². The third-order valence-electron chi connectivity index (χ3n) is 4.08. The quantitative estimate of drug-likeness (QED) is 0.313. The Hall–Kier alpha value is -1.26. The molecule has 0 aliphatic carbocycles. The van der Waals surface area contributed by atoms with Crippen LogP contribution in [-0.2, 0) is 6.66 Å². The van der Waals surface area contributed by atoms with Crippen molar-refractivity contribution in [1.82, 2.24) is 0 Å². The zero-order chi connectivity index (χ0) is 21.1. The Kier molecular flexibility index (Phi) is 22.8. The van der Waals surface area contributed by atoms with Gasteiger partial charge in [-0.15, -0.1) is 33.8 Å². The molecule has 2 unspecified atom stereocenters. The van der Waals surface area contributed by atoms with Gasteiger partial charge in [0.1, 0.15) is 0 Å². The molecule has 0 aromatic carbocycles. The molecule has 0 N–H and O–H groups in total. The van der Waals surface area contributed by atoms with Crippen molar-refractivity contribution in [2.45, 2.75) is 79.6 Å². The second-order valence-electron chi connectivity index (χ2n) is 6.00. The number of aryl methyl sites for hydroxylation is 1. The molecular formula is C25H45P. The Bertz CT molecular complexity index is 488. The van der Waals surface area contributed by atoms with Crippen LogP contribution in [0.1, 0.15) is 89.1 Å². The maximum absolute atomic E-state index is 3.99. The molecule has 0 fully saturated rings. The van der Waals surface area contributed by atoms with Crippen molar-refractivity contribution in [3.63, 3.8) is 0 Å². The van der Waals surface area contributed by atoms with Crippen molar-refractivity contribution in [3.8, 4) is 0 Å². The molecule has 0 radical (unpaired) electrons. The summed E-state index contributed by atoms with van der Waals surface area (Å²) in [6.45, 7) is 31.4. The molecule has 0 spiro atoms. The minimum atomic E-state index is -0.0572. The van der Waals surface area contributed by atoms with Crippen LogP contribution in [-0.4, -0.2) is 0 Å². The van der Waals surface area contributed by atoms with Crippen molar-refractivity contribution in [3.05, 3.63) is 66.8 Å². The van der Waals surface area contributed by atoms with E-state index in [-0.39, 0.29) is 7.53 Å². The molecule has 1 aromatic rings. The van der Waals surface area contributed by atoms with Crippen molar-refractivity contribution in [2.75, 3.05) is 0 Å². The highest BCUT2D eigenvalue weighted by Gasteiger charge is 2.17. The van der Waals surface area contributed by atoms with Crippen molar-refractivity contribution in [1.29, 1.82) is 0 Å². The largest absolute Gasteiger partial charge is 0.124 e. The van der Waals surface area contributed by atoms with E-state index in [1.165, 1.54) is 37.7 Å². The van der Waals surface area contributed by atoms with Crippen molar-refractivity contribution in [2.24, 2.45) is 6.66 Å². The molecule has 0 aliphatic rings. The number of allylic oxidation sites excluding steroid dienone is 2. The van der Waals surface area contributed by atoms with E-state index in [2.05, 4.69) is 85.2 Å². The van der Waals surface area contributed by atoms with Crippen LogP contribution in [0.3, 0.4) is 0 Å². The van der Waals surface area contributed by atoms with Crippen LogP contribution in [0, 0.1) is 6.92 Å². The van der Waals surface area contributed by atoms with Crippen molar-refractivity contribution >= 4 is 13.6 Å². The molecule has 0 saturated carbocycles. The van der Waals surface area contributed by atoms with Crippen LogP contribution in [0.15, 0.2) is 50.3 Å². The fourth-order valence-electron chi connectivity index (χ4n) is 2.80. The highest BCUT2D eigenvalue weighted by Crippen LogP contribution is 2.43. The van der Waals surface area contributed by atoms with Gasteiger partial charge in [0, 0.05) is 0 Å². The first kappa shape index (κ1) is 29.5. The summed E-state index contributed by atoms with van der Waals surface area (Å²) in [5.74, 6) is 3.32. The molecule has 0 aliphatic heterocycles. The summed E-state index contributed by atoms with van der Waals surface area (Å²) in [7, 11) is -0.0572. The minimum Gasteiger partial charge on any atom is -0.124 e. The van der Waals surface area contributed by atoms with Gasteiger partial charge in [-0.3, -0.25) is 0 Å². The molecule has 0 saturated heterocycles. The third-order valence-corrected chi connectivity index (χ3v) is 6.04. The van der Waals surface area contributed by atoms with Gasteiger partial charge in [-0.25, -0.2) is 0 Å². The molecule has 1 aromatic heterocycles. The van der Waals surface area contributed by atoms with E-state index >= 15 is 0 Å². The number of unbranched alkanes of at least 4 members (excludes halogenated alkanes) is 1. The third kappa shape index (κ3) is 11.4. The summed E-state index contributed by atoms with van der Waals surface area (Å²) < 4.78 is 0. The fourth-order valence-corrected chi connectivity index (χ4v) is 4.34. The van der Waals surface area contributed by atoms with Crippen LogP contribution in [0.2, 0.25) is 0 Å². The number of hydrogen-bond donors (Lipinski definition) is 0. The average molecular weight is 377 g/mol. The maximum atomic E-state index is 3.99. The van der Waals surface area contributed by atoms with Gasteiger partial charge in [0.15, 0.2) is 0 Å². The Balaban J connectivity index is -0.000000795. The summed E-state index contributed by atoms with van der Waals surface area (Å²) in [6, 6.07) is 0. The van der Waals surface area contributed by atoms with E-state index in [1.807, 2.05) is 13.8 Å². The van der Waals surface area contributed by atoms with Gasteiger partial charge < -0.3 is 0 Å². The molecule has 0 nitrogen and oxygen atoms in total. The smallest absolute Gasteiger partial charge is 0.0150 e. The first-order valence-electron chi connectivity index (χ1n) is 10.0. The molecule has 1 heteroatoms. The highest BCUT2D eigenvalue weighted by molar-refractivity contribution is 7.48. The Morgan fingerprint density at radius 2 is 1.62 bits per heavy atom. The van der Waals surface area contributed by atoms with E-state index in [0.29, 0.717) is 0 Å². The standard InChI is InChI=1S/C19H31P.C2H6.2C2H4/c1-7-9-11-17(10-8-2)19-14-20(6)16(5)18(19)13-12-15(3)4;3*1-2/h12-14,17H,3,7-11H2,1-2,4-6H3;1-2H3;2*1-2H2/b13-12-;;;. The zero-order valence-corrected chi connectivity index (χ0v) is 19.7. The van der Waals surface area contributed by atoms with Gasteiger partial charge in [-0.2, -0.15) is 0 Å². The van der Waals surface area contributed by atoms with E-state index in [4.69, 9.17) is 0 Å². The highest BCUT2D eigenvalue weighted by atomic mass is 31.1. The lowest BCUT2D eigenvalue weighted by molar-refractivity contribution is 0.541. The Labute approximate surface area is 166 Å². The monoisotopic (exact) mass is 376 g/mol. The summed E-state index contributed by atoms with van der Waals surface area (Å²) >= 11 is 0. The summed E-state index contributed by atoms with van der Waals surface area (Å²) in [6.07, 6.45) is 11.1. The first-order chi connectivity index (χ1) is 12.5. The van der Waals surface area contributed by atoms with Gasteiger partial charge >= 0.3 is 0 Å². The zero-order valence-electron chi connectivity index (χ0n) is 18.8. The fraction of sp³-hybridized carbons (Fsp3) is 0.520. The van der Waals surface area contributed by atoms with Crippen LogP contribution in [0.25, 0.3) is 6.08 Å². The maximum Gasteiger partial charge on any atom is -0.0150 e. The van der Waals surface area contributed by atoms with Crippen LogP contribution < -0.4 is 0 Å². The van der Waals surface area contributed by atoms with E-state index in [1.54, 1.807) is 10.9 Å². The normalized spacial score (nSPS) is 11.3. The van der Waals surface area contributed by atoms with Crippen LogP contribution in [0.5, 0.6) is 0 Å². The second kappa shape index (κ2) is 20.1. The molecule has 0 amide bonds. The van der Waals surface area contributed by atoms with Gasteiger partial charge in [-0.05, 0) is 61.5 Å². The number of rotatable bonds is 8. The lowest BCUT2D eigenvalue weighted by Gasteiger charge is -2.16. The average Bonchev–Trinajstić information content (AvgIpc) is 2.96. The van der Waals surface area contributed by atoms with Gasteiger partial charge in [-0.1, -0.05) is 71.3 Å². The Morgan fingerprint density at radius 1 is 1.08 bits per heavy atom. The van der Waals surface area contributed by atoms with E-state index in [0.717, 1.165) is 11.5 Å². The topological polar surface area (TPSA) is 0 Å². The molecule has 1 rings (SSSR count). The van der Waals surface area contributed by atoms with Gasteiger partial charge in [0.05, 0.1) is 0 Å². The van der Waals surface area contributed by atoms with Crippen LogP contribution >= 0.6 is 7.53 Å². The first-order valence-corrected chi connectivity index (χ1v) is 11.9. The molecule has 26 heavy (non-hydrogen) atoms. The minimum absolute atomic E-state index is 0.0572. The predicted molar refractivity (Wildman–Crippen MR) is 130 cm³/mol. The van der Waals surface area contributed by atoms with Crippen LogP contribution in [0.4, 0.5) is 0 Å². The predicted octanol–water partition coefficient (Wildman–Crippen LogP) is 9.81. The molecule has 0 bridgehead atoms. The Morgan fingerprint density at radius 3 is 2.04 bits per heavy atom. The van der Waals surface area contributed by atoms with Crippen molar-refractivity contribution < 1.29 is 0 Å². The summed E-state index contributed by atoms with van der Waals surface area (Å²) in [4.78, 5) is 0. The number of hydrogen-bond acceptors (Lipinski definition) is 0. The van der Waals surface area contributed by atoms with Gasteiger partial charge in [0.2, 0.25) is 0 Å². The lowest BCUT2D eigenvalue weighted by atomic mass is 9.88. The summed E-state index contributed by atoms with van der Waals surface area (Å²) in [5, 5.41) is 1.59.